The van der Waals surface area contributed by atoms with Gasteiger partial charge in [-0.25, -0.2) is 0 Å². The van der Waals surface area contributed by atoms with Crippen LogP contribution in [0.2, 0.25) is 0 Å². The third-order valence-electron chi connectivity index (χ3n) is 4.81. The largest absolute Gasteiger partial charge is 0.469 e. The number of carbonyl (C=O) groups excluding carboxylic acids is 2. The van der Waals surface area contributed by atoms with Gasteiger partial charge in [0, 0.05) is 11.8 Å². The minimum Gasteiger partial charge on any atom is -0.469 e. The van der Waals surface area contributed by atoms with E-state index in [0.29, 0.717) is 0 Å². The highest BCUT2D eigenvalue weighted by molar-refractivity contribution is 5.84. The normalized spacial score (nSPS) is 39.7. The van der Waals surface area contributed by atoms with E-state index in [1.807, 2.05) is 6.08 Å². The van der Waals surface area contributed by atoms with Crippen molar-refractivity contribution >= 4 is 11.9 Å². The molecule has 0 spiro atoms. The molecule has 0 amide bonds. The maximum atomic E-state index is 12.3. The molecule has 2 aliphatic heterocycles. The van der Waals surface area contributed by atoms with Crippen molar-refractivity contribution in [1.29, 1.82) is 0 Å². The van der Waals surface area contributed by atoms with Crippen molar-refractivity contribution < 1.29 is 33.6 Å². The second-order valence-corrected chi connectivity index (χ2v) is 6.69. The van der Waals surface area contributed by atoms with Crippen molar-refractivity contribution in [2.75, 3.05) is 20.3 Å². The highest BCUT2D eigenvalue weighted by Gasteiger charge is 2.53. The summed E-state index contributed by atoms with van der Waals surface area (Å²) in [6.07, 6.45) is 2.06. The number of cyclic esters (lactones) is 1. The van der Waals surface area contributed by atoms with Crippen LogP contribution >= 0.6 is 0 Å². The van der Waals surface area contributed by atoms with E-state index in [1.165, 1.54) is 7.11 Å². The molecule has 128 valence electrons. The van der Waals surface area contributed by atoms with Gasteiger partial charge in [-0.2, -0.15) is 0 Å². The smallest absolute Gasteiger partial charge is 0.310 e. The average molecular weight is 326 g/mol. The maximum absolute atomic E-state index is 12.3. The minimum absolute atomic E-state index is 0.160. The number of carbonyl (C=O) groups is 2. The number of rotatable bonds is 3. The Labute approximate surface area is 134 Å². The standard InChI is InChI=1S/C16H22O7/c1-16(2)22-7-10(23-16)13(17)9-5-4-8-6-21-15(19)11(8)12(9)14(18)20-3/h4-5,8-13,17H,6-7H2,1-3H3/t8-,9-,10-,11+,12-,13-/m0/s1. The molecule has 3 aliphatic rings. The Morgan fingerprint density at radius 3 is 2.74 bits per heavy atom. The summed E-state index contributed by atoms with van der Waals surface area (Å²) in [5, 5.41) is 10.7. The summed E-state index contributed by atoms with van der Waals surface area (Å²) in [6, 6.07) is 0. The first-order chi connectivity index (χ1) is 10.8. The molecular weight excluding hydrogens is 304 g/mol. The monoisotopic (exact) mass is 326 g/mol. The molecule has 0 aromatic carbocycles. The Morgan fingerprint density at radius 2 is 2.13 bits per heavy atom. The van der Waals surface area contributed by atoms with E-state index in [4.69, 9.17) is 18.9 Å². The van der Waals surface area contributed by atoms with Gasteiger partial charge in [0.05, 0.1) is 38.3 Å². The third kappa shape index (κ3) is 2.88. The zero-order valence-corrected chi connectivity index (χ0v) is 13.4. The van der Waals surface area contributed by atoms with Crippen LogP contribution in [-0.4, -0.2) is 55.4 Å². The SMILES string of the molecule is COC(=O)[C@H]1[C@@H]([C@H](O)[C@@H]2COC(C)(C)O2)C=C[C@H]2COC(=O)[C@@H]12. The van der Waals surface area contributed by atoms with Crippen LogP contribution in [0.15, 0.2) is 12.2 Å². The van der Waals surface area contributed by atoms with Crippen LogP contribution in [0.1, 0.15) is 13.8 Å². The molecule has 2 heterocycles. The predicted molar refractivity (Wildman–Crippen MR) is 77.0 cm³/mol. The zero-order valence-electron chi connectivity index (χ0n) is 13.4. The van der Waals surface area contributed by atoms with Crippen LogP contribution < -0.4 is 0 Å². The lowest BCUT2D eigenvalue weighted by molar-refractivity contribution is -0.166. The first kappa shape index (κ1) is 16.4. The Balaban J connectivity index is 1.86. The van der Waals surface area contributed by atoms with Gasteiger partial charge < -0.3 is 24.1 Å². The van der Waals surface area contributed by atoms with E-state index < -0.39 is 47.7 Å². The van der Waals surface area contributed by atoms with Crippen molar-refractivity contribution in [1.82, 2.24) is 0 Å². The van der Waals surface area contributed by atoms with Crippen LogP contribution in [0.5, 0.6) is 0 Å². The molecule has 0 aromatic heterocycles. The average Bonchev–Trinajstić information content (AvgIpc) is 3.08. The third-order valence-corrected chi connectivity index (χ3v) is 4.81. The summed E-state index contributed by atoms with van der Waals surface area (Å²) < 4.78 is 21.1. The van der Waals surface area contributed by atoms with Crippen LogP contribution in [0.25, 0.3) is 0 Å². The topological polar surface area (TPSA) is 91.3 Å². The lowest BCUT2D eigenvalue weighted by Gasteiger charge is -2.36. The molecule has 1 N–H and O–H groups in total. The molecule has 6 atom stereocenters. The number of fused-ring (bicyclic) bond motifs is 1. The number of hydrogen-bond donors (Lipinski definition) is 1. The van der Waals surface area contributed by atoms with Crippen molar-refractivity contribution in [3.05, 3.63) is 12.2 Å². The second kappa shape index (κ2) is 5.89. The van der Waals surface area contributed by atoms with Crippen molar-refractivity contribution in [3.63, 3.8) is 0 Å². The number of methoxy groups -OCH3 is 1. The Kier molecular flexibility index (Phi) is 4.20. The molecule has 0 unspecified atom stereocenters. The van der Waals surface area contributed by atoms with Gasteiger partial charge in [0.1, 0.15) is 6.10 Å². The van der Waals surface area contributed by atoms with Gasteiger partial charge in [-0.3, -0.25) is 9.59 Å². The van der Waals surface area contributed by atoms with E-state index in [1.54, 1.807) is 19.9 Å². The first-order valence-electron chi connectivity index (χ1n) is 7.76. The molecule has 0 aromatic rings. The summed E-state index contributed by atoms with van der Waals surface area (Å²) in [6.45, 7) is 4.01. The number of hydrogen-bond acceptors (Lipinski definition) is 7. The summed E-state index contributed by atoms with van der Waals surface area (Å²) >= 11 is 0. The lowest BCUT2D eigenvalue weighted by atomic mass is 9.69. The minimum atomic E-state index is -0.980. The fourth-order valence-corrected chi connectivity index (χ4v) is 3.67. The molecule has 2 fully saturated rings. The fourth-order valence-electron chi connectivity index (χ4n) is 3.67. The summed E-state index contributed by atoms with van der Waals surface area (Å²) in [5.74, 6) is -3.88. The summed E-state index contributed by atoms with van der Waals surface area (Å²) in [4.78, 5) is 24.3. The van der Waals surface area contributed by atoms with Crippen LogP contribution in [0, 0.1) is 23.7 Å². The van der Waals surface area contributed by atoms with Crippen molar-refractivity contribution in [3.8, 4) is 0 Å². The molecule has 7 nitrogen and oxygen atoms in total. The molecule has 0 saturated carbocycles. The van der Waals surface area contributed by atoms with Crippen molar-refractivity contribution in [2.24, 2.45) is 23.7 Å². The van der Waals surface area contributed by atoms with Crippen LogP contribution in [0.4, 0.5) is 0 Å². The highest BCUT2D eigenvalue weighted by Crippen LogP contribution is 2.42. The van der Waals surface area contributed by atoms with Gasteiger partial charge in [-0.05, 0) is 13.8 Å². The lowest BCUT2D eigenvalue weighted by Crippen LogP contribution is -2.47. The quantitative estimate of drug-likeness (QED) is 0.588. The van der Waals surface area contributed by atoms with E-state index in [9.17, 15) is 14.7 Å². The highest BCUT2D eigenvalue weighted by atomic mass is 16.7. The first-order valence-corrected chi connectivity index (χ1v) is 7.76. The van der Waals surface area contributed by atoms with Crippen LogP contribution in [0.3, 0.4) is 0 Å². The molecule has 1 aliphatic carbocycles. The Bertz CT molecular complexity index is 527. The van der Waals surface area contributed by atoms with E-state index in [-0.39, 0.29) is 19.1 Å². The predicted octanol–water partition coefficient (Wildman–Crippen LogP) is 0.263. The maximum Gasteiger partial charge on any atom is 0.310 e. The Hall–Kier alpha value is -1.44. The number of esters is 2. The number of aliphatic hydroxyl groups is 1. The van der Waals surface area contributed by atoms with E-state index in [2.05, 4.69) is 0 Å². The zero-order chi connectivity index (χ0) is 16.8. The molecule has 23 heavy (non-hydrogen) atoms. The number of aliphatic hydroxyl groups excluding tert-OH is 1. The second-order valence-electron chi connectivity index (χ2n) is 6.69. The molecule has 7 heteroatoms. The van der Waals surface area contributed by atoms with Crippen molar-refractivity contribution in [2.45, 2.75) is 31.8 Å². The Morgan fingerprint density at radius 1 is 1.39 bits per heavy atom. The summed E-state index contributed by atoms with van der Waals surface area (Å²) in [7, 11) is 1.28. The number of ether oxygens (including phenoxy) is 4. The van der Waals surface area contributed by atoms with Gasteiger partial charge >= 0.3 is 11.9 Å². The summed E-state index contributed by atoms with van der Waals surface area (Å²) in [5.41, 5.74) is 0. The molecule has 0 radical (unpaired) electrons. The molecule has 2 saturated heterocycles. The van der Waals surface area contributed by atoms with E-state index >= 15 is 0 Å². The molecule has 0 bridgehead atoms. The van der Waals surface area contributed by atoms with Gasteiger partial charge in [0.25, 0.3) is 0 Å². The van der Waals surface area contributed by atoms with Gasteiger partial charge in [-0.1, -0.05) is 12.2 Å². The van der Waals surface area contributed by atoms with Gasteiger partial charge in [0.2, 0.25) is 0 Å². The van der Waals surface area contributed by atoms with Gasteiger partial charge in [-0.15, -0.1) is 0 Å². The van der Waals surface area contributed by atoms with Crippen LogP contribution in [-0.2, 0) is 28.5 Å². The van der Waals surface area contributed by atoms with E-state index in [0.717, 1.165) is 0 Å². The fraction of sp³-hybridized carbons (Fsp3) is 0.750. The molecule has 3 rings (SSSR count). The molecular formula is C16H22O7. The van der Waals surface area contributed by atoms with Gasteiger partial charge in [0.15, 0.2) is 5.79 Å².